The summed E-state index contributed by atoms with van der Waals surface area (Å²) in [6.45, 7) is 4.03. The van der Waals surface area contributed by atoms with Crippen molar-refractivity contribution < 1.29 is 5.11 Å². The normalized spacial score (nSPS) is 11.0. The van der Waals surface area contributed by atoms with E-state index in [1.165, 1.54) is 38.5 Å². The monoisotopic (exact) mass is 171 g/mol. The molecule has 0 atom stereocenters. The molecular weight excluding hydrogens is 148 g/mol. The number of aliphatic hydroxyl groups excluding tert-OH is 1. The van der Waals surface area contributed by atoms with E-state index in [-0.39, 0.29) is 0 Å². The van der Waals surface area contributed by atoms with Gasteiger partial charge >= 0.3 is 0 Å². The predicted molar refractivity (Wildman–Crippen MR) is 53.5 cm³/mol. The average Bonchev–Trinajstić information content (AvgIpc) is 2.02. The molecule has 1 nitrogen and oxygen atoms in total. The van der Waals surface area contributed by atoms with Gasteiger partial charge in [-0.2, -0.15) is 0 Å². The summed E-state index contributed by atoms with van der Waals surface area (Å²) in [5.74, 6) is 0. The molecule has 0 amide bonds. The van der Waals surface area contributed by atoms with Crippen LogP contribution in [0.2, 0.25) is 0 Å². The summed E-state index contributed by atoms with van der Waals surface area (Å²) < 4.78 is 0. The van der Waals surface area contributed by atoms with Crippen LogP contribution in [-0.4, -0.2) is 5.11 Å². The molecular formula is C11H23O. The smallest absolute Gasteiger partial charge is 0.0902 e. The van der Waals surface area contributed by atoms with E-state index in [9.17, 15) is 0 Å². The van der Waals surface area contributed by atoms with Crippen molar-refractivity contribution in [1.29, 1.82) is 0 Å². The molecule has 0 saturated heterocycles. The molecule has 73 valence electrons. The molecule has 1 heteroatoms. The van der Waals surface area contributed by atoms with Crippen molar-refractivity contribution in [3.05, 3.63) is 6.10 Å². The summed E-state index contributed by atoms with van der Waals surface area (Å²) in [6.07, 6.45) is 10.7. The van der Waals surface area contributed by atoms with Crippen LogP contribution in [0.15, 0.2) is 0 Å². The maximum atomic E-state index is 8.91. The van der Waals surface area contributed by atoms with Gasteiger partial charge in [0.1, 0.15) is 0 Å². The highest BCUT2D eigenvalue weighted by Crippen LogP contribution is 2.11. The Morgan fingerprint density at radius 3 is 1.92 bits per heavy atom. The fourth-order valence-corrected chi connectivity index (χ4v) is 1.34. The summed E-state index contributed by atoms with van der Waals surface area (Å²) >= 11 is 0. The standard InChI is InChI=1S/C11H23O/c1-3-4-5-6-7-8-9-10-11(2)12/h12H,3-10H2,1-2H3. The van der Waals surface area contributed by atoms with Crippen molar-refractivity contribution in [2.45, 2.75) is 65.2 Å². The molecule has 0 aromatic rings. The van der Waals surface area contributed by atoms with Crippen LogP contribution in [0.4, 0.5) is 0 Å². The Hall–Kier alpha value is -0.0400. The van der Waals surface area contributed by atoms with Crippen LogP contribution in [0, 0.1) is 6.10 Å². The molecule has 0 fully saturated rings. The lowest BCUT2D eigenvalue weighted by Gasteiger charge is -2.02. The summed E-state index contributed by atoms with van der Waals surface area (Å²) in [5.41, 5.74) is 0. The molecule has 0 heterocycles. The topological polar surface area (TPSA) is 20.2 Å². The first-order chi connectivity index (χ1) is 5.77. The van der Waals surface area contributed by atoms with Gasteiger partial charge in [0.15, 0.2) is 0 Å². The van der Waals surface area contributed by atoms with Gasteiger partial charge in [0.05, 0.1) is 6.10 Å². The van der Waals surface area contributed by atoms with Crippen LogP contribution in [0.5, 0.6) is 0 Å². The summed E-state index contributed by atoms with van der Waals surface area (Å²) in [6, 6.07) is 0. The second-order valence-corrected chi connectivity index (χ2v) is 3.61. The molecule has 0 aliphatic rings. The van der Waals surface area contributed by atoms with Gasteiger partial charge in [0, 0.05) is 0 Å². The molecule has 0 aliphatic heterocycles. The molecule has 0 spiro atoms. The van der Waals surface area contributed by atoms with E-state index < -0.39 is 0 Å². The molecule has 0 aliphatic carbocycles. The van der Waals surface area contributed by atoms with Crippen LogP contribution in [0.3, 0.4) is 0 Å². The highest BCUT2D eigenvalue weighted by Gasteiger charge is 1.95. The third-order valence-electron chi connectivity index (χ3n) is 2.14. The third-order valence-corrected chi connectivity index (χ3v) is 2.14. The predicted octanol–water partition coefficient (Wildman–Crippen LogP) is 4.05. The molecule has 0 unspecified atom stereocenters. The minimum atomic E-state index is 0.587. The largest absolute Gasteiger partial charge is 0.387 e. The molecule has 1 N–H and O–H groups in total. The fraction of sp³-hybridized carbons (Fsp3) is 0.909. The highest BCUT2D eigenvalue weighted by molar-refractivity contribution is 4.66. The summed E-state index contributed by atoms with van der Waals surface area (Å²) in [7, 11) is 0. The zero-order valence-corrected chi connectivity index (χ0v) is 8.60. The molecule has 0 saturated carbocycles. The Morgan fingerprint density at radius 2 is 1.42 bits per heavy atom. The van der Waals surface area contributed by atoms with Crippen molar-refractivity contribution in [3.8, 4) is 0 Å². The lowest BCUT2D eigenvalue weighted by atomic mass is 10.1. The Morgan fingerprint density at radius 1 is 0.917 bits per heavy atom. The van der Waals surface area contributed by atoms with Crippen molar-refractivity contribution in [2.75, 3.05) is 0 Å². The Labute approximate surface area is 77.2 Å². The van der Waals surface area contributed by atoms with Gasteiger partial charge in [-0.15, -0.1) is 0 Å². The van der Waals surface area contributed by atoms with Gasteiger partial charge in [-0.3, -0.25) is 0 Å². The second kappa shape index (κ2) is 9.05. The highest BCUT2D eigenvalue weighted by atomic mass is 16.3. The first-order valence-electron chi connectivity index (χ1n) is 5.28. The summed E-state index contributed by atoms with van der Waals surface area (Å²) in [4.78, 5) is 0. The molecule has 0 aromatic heterocycles. The van der Waals surface area contributed by atoms with Gasteiger partial charge in [0.2, 0.25) is 0 Å². The van der Waals surface area contributed by atoms with E-state index >= 15 is 0 Å². The van der Waals surface area contributed by atoms with Crippen LogP contribution >= 0.6 is 0 Å². The van der Waals surface area contributed by atoms with Crippen LogP contribution in [0.1, 0.15) is 65.2 Å². The van der Waals surface area contributed by atoms with E-state index in [1.807, 2.05) is 0 Å². The number of hydrogen-bond acceptors (Lipinski definition) is 1. The van der Waals surface area contributed by atoms with Gasteiger partial charge in [-0.1, -0.05) is 51.9 Å². The van der Waals surface area contributed by atoms with E-state index in [2.05, 4.69) is 6.92 Å². The van der Waals surface area contributed by atoms with Crippen LogP contribution in [-0.2, 0) is 0 Å². The Kier molecular flexibility index (Phi) is 9.02. The minimum Gasteiger partial charge on any atom is -0.387 e. The van der Waals surface area contributed by atoms with Gasteiger partial charge in [-0.05, 0) is 13.3 Å². The van der Waals surface area contributed by atoms with Crippen LogP contribution < -0.4 is 0 Å². The van der Waals surface area contributed by atoms with E-state index in [1.54, 1.807) is 6.92 Å². The van der Waals surface area contributed by atoms with Gasteiger partial charge in [-0.25, -0.2) is 0 Å². The SMILES string of the molecule is CCCCCCCCC[C](C)O. The van der Waals surface area contributed by atoms with Gasteiger partial charge in [0.25, 0.3) is 0 Å². The number of hydrogen-bond donors (Lipinski definition) is 1. The quantitative estimate of drug-likeness (QED) is 0.546. The molecule has 1 radical (unpaired) electrons. The Bertz CT molecular complexity index is 79.1. The number of aliphatic hydroxyl groups is 1. The first kappa shape index (κ1) is 12.0. The lowest BCUT2D eigenvalue weighted by Crippen LogP contribution is -1.88. The van der Waals surface area contributed by atoms with Crippen molar-refractivity contribution in [1.82, 2.24) is 0 Å². The van der Waals surface area contributed by atoms with Gasteiger partial charge < -0.3 is 5.11 Å². The van der Waals surface area contributed by atoms with Crippen LogP contribution in [0.25, 0.3) is 0 Å². The molecule has 12 heavy (non-hydrogen) atoms. The number of unbranched alkanes of at least 4 members (excludes halogenated alkanes) is 6. The molecule has 0 aromatic carbocycles. The van der Waals surface area contributed by atoms with Crippen molar-refractivity contribution in [2.24, 2.45) is 0 Å². The second-order valence-electron chi connectivity index (χ2n) is 3.61. The molecule has 0 bridgehead atoms. The summed E-state index contributed by atoms with van der Waals surface area (Å²) in [5, 5.41) is 8.91. The van der Waals surface area contributed by atoms with E-state index in [4.69, 9.17) is 5.11 Å². The average molecular weight is 171 g/mol. The lowest BCUT2D eigenvalue weighted by molar-refractivity contribution is 0.290. The first-order valence-corrected chi connectivity index (χ1v) is 5.28. The van der Waals surface area contributed by atoms with E-state index in [0.29, 0.717) is 6.10 Å². The minimum absolute atomic E-state index is 0.587. The third kappa shape index (κ3) is 9.96. The number of rotatable bonds is 8. The maximum absolute atomic E-state index is 8.91. The maximum Gasteiger partial charge on any atom is 0.0902 e. The Balaban J connectivity index is 2.82. The zero-order chi connectivity index (χ0) is 9.23. The van der Waals surface area contributed by atoms with E-state index in [0.717, 1.165) is 12.8 Å². The zero-order valence-electron chi connectivity index (χ0n) is 8.60. The molecule has 0 rings (SSSR count). The fourth-order valence-electron chi connectivity index (χ4n) is 1.34. The van der Waals surface area contributed by atoms with Crippen molar-refractivity contribution in [3.63, 3.8) is 0 Å². The van der Waals surface area contributed by atoms with Crippen molar-refractivity contribution >= 4 is 0 Å².